The quantitative estimate of drug-likeness (QED) is 0.151. The van der Waals surface area contributed by atoms with Gasteiger partial charge in [0.25, 0.3) is 0 Å². The molecule has 6 atom stereocenters. The third-order valence-electron chi connectivity index (χ3n) is 5.99. The molecule has 1 saturated heterocycles. The van der Waals surface area contributed by atoms with Gasteiger partial charge in [0.15, 0.2) is 12.4 Å². The first kappa shape index (κ1) is 31.7. The van der Waals surface area contributed by atoms with Gasteiger partial charge in [-0.15, -0.1) is 0 Å². The molecule has 0 spiro atoms. The van der Waals surface area contributed by atoms with Gasteiger partial charge in [-0.3, -0.25) is 9.59 Å². The molecular weight excluding hydrogens is 460 g/mol. The summed E-state index contributed by atoms with van der Waals surface area (Å²) in [5.41, 5.74) is 0. The summed E-state index contributed by atoms with van der Waals surface area (Å²) in [5.74, 6) is -0.855. The highest BCUT2D eigenvalue weighted by atomic mass is 16.7. The van der Waals surface area contributed by atoms with Crippen LogP contribution in [0.15, 0.2) is 0 Å². The number of esters is 2. The van der Waals surface area contributed by atoms with Gasteiger partial charge in [0.05, 0.1) is 13.2 Å². The summed E-state index contributed by atoms with van der Waals surface area (Å²) in [7, 11) is 0. The first-order valence-corrected chi connectivity index (χ1v) is 13.1. The molecule has 4 N–H and O–H groups in total. The van der Waals surface area contributed by atoms with E-state index in [1.807, 2.05) is 6.92 Å². The van der Waals surface area contributed by atoms with E-state index in [4.69, 9.17) is 18.9 Å². The molecule has 0 radical (unpaired) electrons. The van der Waals surface area contributed by atoms with E-state index < -0.39 is 55.4 Å². The lowest BCUT2D eigenvalue weighted by Crippen LogP contribution is -2.59. The van der Waals surface area contributed by atoms with E-state index in [9.17, 15) is 30.0 Å². The molecule has 0 aromatic heterocycles. The van der Waals surface area contributed by atoms with Crippen molar-refractivity contribution >= 4 is 11.9 Å². The molecule has 10 nitrogen and oxygen atoms in total. The van der Waals surface area contributed by atoms with Crippen LogP contribution in [0.1, 0.15) is 90.9 Å². The maximum absolute atomic E-state index is 12.3. The number of carbonyl (C=O) groups excluding carboxylic acids is 2. The Kier molecular flexibility index (Phi) is 17.1. The average Bonchev–Trinajstić information content (AvgIpc) is 2.85. The van der Waals surface area contributed by atoms with Gasteiger partial charge in [-0.2, -0.15) is 0 Å². The number of unbranched alkanes of at least 4 members (excludes halogenated alkanes) is 8. The molecule has 6 unspecified atom stereocenters. The van der Waals surface area contributed by atoms with E-state index >= 15 is 0 Å². The molecule has 10 heteroatoms. The fourth-order valence-electron chi connectivity index (χ4n) is 3.75. The van der Waals surface area contributed by atoms with E-state index in [2.05, 4.69) is 6.92 Å². The SMILES string of the molecule is CCCCCCCCCCC(=O)OC(COC(=O)CCCC)COC1OC(CO)C(O)C(O)C1O. The Hall–Kier alpha value is -1.30. The second-order valence-corrected chi connectivity index (χ2v) is 9.15. The summed E-state index contributed by atoms with van der Waals surface area (Å²) >= 11 is 0. The molecule has 0 saturated carbocycles. The van der Waals surface area contributed by atoms with Crippen molar-refractivity contribution in [2.24, 2.45) is 0 Å². The van der Waals surface area contributed by atoms with Crippen LogP contribution >= 0.6 is 0 Å². The van der Waals surface area contributed by atoms with Crippen LogP contribution in [-0.4, -0.2) is 89.0 Å². The summed E-state index contributed by atoms with van der Waals surface area (Å²) in [6.45, 7) is 3.06. The summed E-state index contributed by atoms with van der Waals surface area (Å²) in [5, 5.41) is 39.2. The van der Waals surface area contributed by atoms with Gasteiger partial charge in [-0.25, -0.2) is 0 Å². The lowest BCUT2D eigenvalue weighted by atomic mass is 9.99. The first-order chi connectivity index (χ1) is 16.8. The highest BCUT2D eigenvalue weighted by Gasteiger charge is 2.44. The average molecular weight is 507 g/mol. The number of ether oxygens (including phenoxy) is 4. The zero-order valence-electron chi connectivity index (χ0n) is 21.3. The summed E-state index contributed by atoms with van der Waals surface area (Å²) in [6.07, 6.45) is 2.68. The van der Waals surface area contributed by atoms with Crippen LogP contribution in [0.4, 0.5) is 0 Å². The van der Waals surface area contributed by atoms with Gasteiger partial charge in [-0.1, -0.05) is 65.2 Å². The van der Waals surface area contributed by atoms with Gasteiger partial charge in [0.2, 0.25) is 0 Å². The summed E-state index contributed by atoms with van der Waals surface area (Å²) < 4.78 is 21.5. The number of rotatable bonds is 19. The molecule has 1 aliphatic heterocycles. The third kappa shape index (κ3) is 13.0. The van der Waals surface area contributed by atoms with Crippen molar-refractivity contribution in [2.75, 3.05) is 19.8 Å². The molecule has 0 aromatic rings. The van der Waals surface area contributed by atoms with Gasteiger partial charge < -0.3 is 39.4 Å². The second kappa shape index (κ2) is 18.9. The number of carbonyl (C=O) groups is 2. The maximum atomic E-state index is 12.3. The molecule has 206 valence electrons. The lowest BCUT2D eigenvalue weighted by molar-refractivity contribution is -0.305. The van der Waals surface area contributed by atoms with Crippen molar-refractivity contribution in [3.63, 3.8) is 0 Å². The molecule has 1 fully saturated rings. The van der Waals surface area contributed by atoms with Crippen LogP contribution in [0, 0.1) is 0 Å². The van der Waals surface area contributed by atoms with E-state index in [1.54, 1.807) is 0 Å². The molecule has 35 heavy (non-hydrogen) atoms. The van der Waals surface area contributed by atoms with Crippen LogP contribution in [-0.2, 0) is 28.5 Å². The fraction of sp³-hybridized carbons (Fsp3) is 0.920. The Morgan fingerprint density at radius 3 is 2.00 bits per heavy atom. The van der Waals surface area contributed by atoms with E-state index in [0.717, 1.165) is 25.7 Å². The Labute approximate surface area is 208 Å². The molecule has 0 aliphatic carbocycles. The Morgan fingerprint density at radius 2 is 1.37 bits per heavy atom. The predicted molar refractivity (Wildman–Crippen MR) is 127 cm³/mol. The Balaban J connectivity index is 2.52. The van der Waals surface area contributed by atoms with Crippen molar-refractivity contribution in [2.45, 2.75) is 128 Å². The molecule has 0 amide bonds. The molecule has 1 aliphatic rings. The zero-order valence-corrected chi connectivity index (χ0v) is 21.3. The predicted octanol–water partition coefficient (Wildman–Crippen LogP) is 1.98. The third-order valence-corrected chi connectivity index (χ3v) is 5.99. The molecule has 0 bridgehead atoms. The van der Waals surface area contributed by atoms with E-state index in [1.165, 1.54) is 25.7 Å². The fourth-order valence-corrected chi connectivity index (χ4v) is 3.75. The van der Waals surface area contributed by atoms with Crippen LogP contribution in [0.25, 0.3) is 0 Å². The number of aliphatic hydroxyl groups excluding tert-OH is 4. The van der Waals surface area contributed by atoms with Crippen molar-refractivity contribution in [3.8, 4) is 0 Å². The van der Waals surface area contributed by atoms with Crippen molar-refractivity contribution in [3.05, 3.63) is 0 Å². The van der Waals surface area contributed by atoms with Gasteiger partial charge in [0, 0.05) is 12.8 Å². The highest BCUT2D eigenvalue weighted by Crippen LogP contribution is 2.22. The normalized spacial score (nSPS) is 25.3. The first-order valence-electron chi connectivity index (χ1n) is 13.1. The maximum Gasteiger partial charge on any atom is 0.306 e. The smallest absolute Gasteiger partial charge is 0.306 e. The highest BCUT2D eigenvalue weighted by molar-refractivity contribution is 5.70. The number of hydrogen-bond acceptors (Lipinski definition) is 10. The summed E-state index contributed by atoms with van der Waals surface area (Å²) in [6, 6.07) is 0. The second-order valence-electron chi connectivity index (χ2n) is 9.15. The minimum absolute atomic E-state index is 0.219. The van der Waals surface area contributed by atoms with Crippen molar-refractivity contribution < 1.29 is 49.0 Å². The lowest BCUT2D eigenvalue weighted by Gasteiger charge is -2.39. The van der Waals surface area contributed by atoms with Gasteiger partial charge in [0.1, 0.15) is 31.0 Å². The molecule has 1 heterocycles. The Bertz CT molecular complexity index is 570. The Morgan fingerprint density at radius 1 is 0.771 bits per heavy atom. The molecular formula is C25H46O10. The minimum Gasteiger partial charge on any atom is -0.462 e. The monoisotopic (exact) mass is 506 g/mol. The minimum atomic E-state index is -1.58. The van der Waals surface area contributed by atoms with Crippen LogP contribution in [0.5, 0.6) is 0 Å². The topological polar surface area (TPSA) is 152 Å². The standard InChI is InChI=1S/C25H46O10/c1-3-5-7-8-9-10-11-12-14-21(28)34-18(16-32-20(27)13-6-4-2)17-33-25-24(31)23(30)22(29)19(15-26)35-25/h18-19,22-26,29-31H,3-17H2,1-2H3. The summed E-state index contributed by atoms with van der Waals surface area (Å²) in [4.78, 5) is 24.2. The molecule has 0 aromatic carbocycles. The van der Waals surface area contributed by atoms with E-state index in [-0.39, 0.29) is 26.1 Å². The van der Waals surface area contributed by atoms with E-state index in [0.29, 0.717) is 12.8 Å². The number of hydrogen-bond donors (Lipinski definition) is 4. The van der Waals surface area contributed by atoms with Gasteiger partial charge in [-0.05, 0) is 12.8 Å². The molecule has 1 rings (SSSR count). The van der Waals surface area contributed by atoms with Gasteiger partial charge >= 0.3 is 11.9 Å². The van der Waals surface area contributed by atoms with Crippen LogP contribution < -0.4 is 0 Å². The zero-order chi connectivity index (χ0) is 26.1. The van der Waals surface area contributed by atoms with Crippen molar-refractivity contribution in [1.82, 2.24) is 0 Å². The number of aliphatic hydroxyl groups is 4. The van der Waals surface area contributed by atoms with Crippen molar-refractivity contribution in [1.29, 1.82) is 0 Å². The largest absolute Gasteiger partial charge is 0.462 e. The van der Waals surface area contributed by atoms with Crippen LogP contribution in [0.3, 0.4) is 0 Å². The van der Waals surface area contributed by atoms with Crippen LogP contribution in [0.2, 0.25) is 0 Å².